The molecule has 2 unspecified atom stereocenters. The van der Waals surface area contributed by atoms with Crippen molar-refractivity contribution in [3.8, 4) is 17.4 Å². The molecule has 6 heteroatoms. The maximum atomic E-state index is 6.36. The highest BCUT2D eigenvalue weighted by atomic mass is 16.6. The molecule has 1 aliphatic rings. The van der Waals surface area contributed by atoms with Crippen LogP contribution in [0.3, 0.4) is 0 Å². The van der Waals surface area contributed by atoms with E-state index >= 15 is 0 Å². The lowest BCUT2D eigenvalue weighted by atomic mass is 10.1. The molecule has 0 spiro atoms. The van der Waals surface area contributed by atoms with Crippen molar-refractivity contribution in [2.24, 2.45) is 0 Å². The van der Waals surface area contributed by atoms with Crippen LogP contribution in [0.25, 0.3) is 0 Å². The molecule has 1 saturated heterocycles. The summed E-state index contributed by atoms with van der Waals surface area (Å²) in [6.45, 7) is 6.15. The van der Waals surface area contributed by atoms with Gasteiger partial charge in [-0.15, -0.1) is 0 Å². The molecular weight excluding hydrogens is 332 g/mol. The highest BCUT2D eigenvalue weighted by Gasteiger charge is 2.30. The molecule has 2 atom stereocenters. The van der Waals surface area contributed by atoms with Crippen LogP contribution in [0.15, 0.2) is 42.5 Å². The first-order valence-corrected chi connectivity index (χ1v) is 8.93. The Balaban J connectivity index is 1.91. The molecule has 1 aromatic heterocycles. The van der Waals surface area contributed by atoms with Crippen LogP contribution in [0.2, 0.25) is 0 Å². The second-order valence-electron chi connectivity index (χ2n) is 6.37. The maximum Gasteiger partial charge on any atom is 0.213 e. The minimum Gasteiger partial charge on any atom is -0.487 e. The molecule has 0 radical (unpaired) electrons. The summed E-state index contributed by atoms with van der Waals surface area (Å²) in [7, 11) is 1.60. The molecule has 1 fully saturated rings. The van der Waals surface area contributed by atoms with Gasteiger partial charge in [-0.05, 0) is 32.0 Å². The zero-order valence-corrected chi connectivity index (χ0v) is 15.5. The van der Waals surface area contributed by atoms with E-state index in [0.29, 0.717) is 30.5 Å². The summed E-state index contributed by atoms with van der Waals surface area (Å²) in [5.41, 5.74) is 0.761. The second-order valence-corrected chi connectivity index (χ2v) is 6.37. The predicted octanol–water partition coefficient (Wildman–Crippen LogP) is 2.99. The summed E-state index contributed by atoms with van der Waals surface area (Å²) >= 11 is 0. The van der Waals surface area contributed by atoms with Crippen LogP contribution in [0, 0.1) is 0 Å². The van der Waals surface area contributed by atoms with Crippen LogP contribution in [-0.2, 0) is 4.74 Å². The number of benzene rings is 1. The van der Waals surface area contributed by atoms with Gasteiger partial charge in [0.25, 0.3) is 0 Å². The minimum atomic E-state index is -0.380. The zero-order valence-electron chi connectivity index (χ0n) is 15.5. The van der Waals surface area contributed by atoms with Gasteiger partial charge in [0.1, 0.15) is 6.10 Å². The number of para-hydroxylation sites is 2. The molecule has 3 rings (SSSR count). The van der Waals surface area contributed by atoms with Crippen molar-refractivity contribution in [2.45, 2.75) is 32.2 Å². The molecule has 1 N–H and O–H groups in total. The molecule has 0 aliphatic carbocycles. The van der Waals surface area contributed by atoms with E-state index in [1.807, 2.05) is 56.3 Å². The highest BCUT2D eigenvalue weighted by Crippen LogP contribution is 2.34. The fraction of sp³-hybridized carbons (Fsp3) is 0.450. The minimum absolute atomic E-state index is 0.0562. The van der Waals surface area contributed by atoms with E-state index in [4.69, 9.17) is 18.9 Å². The van der Waals surface area contributed by atoms with Gasteiger partial charge in [-0.25, -0.2) is 4.98 Å². The van der Waals surface area contributed by atoms with E-state index in [-0.39, 0.29) is 18.3 Å². The van der Waals surface area contributed by atoms with Crippen molar-refractivity contribution in [3.05, 3.63) is 48.2 Å². The Kier molecular flexibility index (Phi) is 6.30. The summed E-state index contributed by atoms with van der Waals surface area (Å²) in [4.78, 5) is 4.56. The molecule has 26 heavy (non-hydrogen) atoms. The number of hydrogen-bond acceptors (Lipinski definition) is 6. The molecule has 0 bridgehead atoms. The van der Waals surface area contributed by atoms with Gasteiger partial charge in [-0.3, -0.25) is 0 Å². The van der Waals surface area contributed by atoms with Gasteiger partial charge in [-0.2, -0.15) is 0 Å². The number of ether oxygens (including phenoxy) is 4. The van der Waals surface area contributed by atoms with Gasteiger partial charge < -0.3 is 24.3 Å². The quantitative estimate of drug-likeness (QED) is 0.821. The summed E-state index contributed by atoms with van der Waals surface area (Å²) in [6, 6.07) is 13.3. The van der Waals surface area contributed by atoms with Crippen molar-refractivity contribution >= 4 is 0 Å². The number of rotatable bonds is 7. The lowest BCUT2D eigenvalue weighted by molar-refractivity contribution is -0.0456. The van der Waals surface area contributed by atoms with Gasteiger partial charge in [0, 0.05) is 19.2 Å². The predicted molar refractivity (Wildman–Crippen MR) is 99.0 cm³/mol. The third-order valence-corrected chi connectivity index (χ3v) is 4.01. The van der Waals surface area contributed by atoms with Crippen LogP contribution < -0.4 is 19.5 Å². The number of aromatic nitrogens is 1. The largest absolute Gasteiger partial charge is 0.487 e. The molecule has 1 aliphatic heterocycles. The van der Waals surface area contributed by atoms with E-state index in [1.54, 1.807) is 7.11 Å². The van der Waals surface area contributed by atoms with Crippen LogP contribution in [0.4, 0.5) is 0 Å². The third-order valence-electron chi connectivity index (χ3n) is 4.01. The van der Waals surface area contributed by atoms with E-state index in [9.17, 15) is 0 Å². The number of hydrogen-bond donors (Lipinski definition) is 1. The summed E-state index contributed by atoms with van der Waals surface area (Å²) in [6.07, 6.45) is -0.481. The number of morpholine rings is 1. The van der Waals surface area contributed by atoms with Gasteiger partial charge in [-0.1, -0.05) is 18.2 Å². The van der Waals surface area contributed by atoms with Crippen LogP contribution in [0.1, 0.15) is 25.6 Å². The molecule has 2 aromatic rings. The molecule has 1 aromatic carbocycles. The number of pyridine rings is 1. The Hall–Kier alpha value is -2.31. The van der Waals surface area contributed by atoms with Crippen LogP contribution >= 0.6 is 0 Å². The summed E-state index contributed by atoms with van der Waals surface area (Å²) in [5, 5.41) is 3.35. The molecular formula is C20H26N2O4. The number of nitrogens with one attached hydrogen (secondary N) is 1. The zero-order chi connectivity index (χ0) is 18.4. The van der Waals surface area contributed by atoms with Crippen molar-refractivity contribution in [1.82, 2.24) is 10.3 Å². The molecule has 2 heterocycles. The first kappa shape index (κ1) is 18.5. The fourth-order valence-electron chi connectivity index (χ4n) is 2.85. The molecule has 140 valence electrons. The van der Waals surface area contributed by atoms with Gasteiger partial charge in [0.2, 0.25) is 5.88 Å². The van der Waals surface area contributed by atoms with Gasteiger partial charge in [0.15, 0.2) is 17.6 Å². The lowest BCUT2D eigenvalue weighted by Gasteiger charge is -2.31. The van der Waals surface area contributed by atoms with E-state index in [1.165, 1.54) is 0 Å². The Bertz CT molecular complexity index is 702. The SMILES string of the molecule is COc1cccc(C(Oc2ccccc2OC(C)C)C2CNCCO2)n1. The second kappa shape index (κ2) is 8.87. The normalized spacial score (nSPS) is 18.4. The molecule has 6 nitrogen and oxygen atoms in total. The van der Waals surface area contributed by atoms with Crippen molar-refractivity contribution in [1.29, 1.82) is 0 Å². The average Bonchev–Trinajstić information content (AvgIpc) is 2.67. The Labute approximate surface area is 154 Å². The Morgan fingerprint density at radius 1 is 1.08 bits per heavy atom. The average molecular weight is 358 g/mol. The van der Waals surface area contributed by atoms with Gasteiger partial charge >= 0.3 is 0 Å². The monoisotopic (exact) mass is 358 g/mol. The van der Waals surface area contributed by atoms with Crippen LogP contribution in [-0.4, -0.2) is 44.0 Å². The maximum absolute atomic E-state index is 6.36. The first-order valence-electron chi connectivity index (χ1n) is 8.93. The molecule has 0 saturated carbocycles. The topological polar surface area (TPSA) is 61.8 Å². The Morgan fingerprint density at radius 2 is 1.85 bits per heavy atom. The standard InChI is InChI=1S/C20H26N2O4/c1-14(2)25-16-8-4-5-9-17(16)26-20(18-13-21-11-12-24-18)15-7-6-10-19(22-15)23-3/h4-10,14,18,20-21H,11-13H2,1-3H3. The smallest absolute Gasteiger partial charge is 0.213 e. The first-order chi connectivity index (χ1) is 12.7. The van der Waals surface area contributed by atoms with Crippen LogP contribution in [0.5, 0.6) is 17.4 Å². The Morgan fingerprint density at radius 3 is 2.50 bits per heavy atom. The summed E-state index contributed by atoms with van der Waals surface area (Å²) < 4.78 is 23.5. The number of nitrogens with zero attached hydrogens (tertiary/aromatic N) is 1. The number of methoxy groups -OCH3 is 1. The van der Waals surface area contributed by atoms with Gasteiger partial charge in [0.05, 0.1) is 25.5 Å². The fourth-order valence-corrected chi connectivity index (χ4v) is 2.85. The molecule has 0 amide bonds. The highest BCUT2D eigenvalue weighted by molar-refractivity contribution is 5.40. The third kappa shape index (κ3) is 4.65. The lowest BCUT2D eigenvalue weighted by Crippen LogP contribution is -2.43. The van der Waals surface area contributed by atoms with E-state index in [0.717, 1.165) is 12.2 Å². The van der Waals surface area contributed by atoms with Crippen molar-refractivity contribution < 1.29 is 18.9 Å². The van der Waals surface area contributed by atoms with E-state index < -0.39 is 0 Å². The van der Waals surface area contributed by atoms with Crippen molar-refractivity contribution in [3.63, 3.8) is 0 Å². The summed E-state index contributed by atoms with van der Waals surface area (Å²) in [5.74, 6) is 1.93. The van der Waals surface area contributed by atoms with Crippen molar-refractivity contribution in [2.75, 3.05) is 26.8 Å². The van der Waals surface area contributed by atoms with E-state index in [2.05, 4.69) is 10.3 Å².